The van der Waals surface area contributed by atoms with Gasteiger partial charge < -0.3 is 14.3 Å². The van der Waals surface area contributed by atoms with Crippen LogP contribution in [0.3, 0.4) is 0 Å². The summed E-state index contributed by atoms with van der Waals surface area (Å²) in [5.41, 5.74) is 0.873. The van der Waals surface area contributed by atoms with E-state index in [1.807, 2.05) is 30.3 Å². The van der Waals surface area contributed by atoms with Crippen molar-refractivity contribution in [1.29, 1.82) is 0 Å². The number of para-hydroxylation sites is 1. The summed E-state index contributed by atoms with van der Waals surface area (Å²) in [6.07, 6.45) is 3.69. The van der Waals surface area contributed by atoms with Crippen LogP contribution in [0.15, 0.2) is 34.7 Å². The lowest BCUT2D eigenvalue weighted by molar-refractivity contribution is -0.122. The molecule has 1 aliphatic rings. The standard InChI is InChI=1S/C19H22N4O2/c1-2-17-21-22-18-9-7-14(12-23(17)18)20-19(24)10-8-15-11-13-5-3-4-6-16(13)25-15/h3-6,11,14H,2,7-10,12H2,1H3,(H,20,24)/t14-/m1/s1. The van der Waals surface area contributed by atoms with Crippen LogP contribution in [0, 0.1) is 0 Å². The zero-order valence-corrected chi connectivity index (χ0v) is 14.4. The Balaban J connectivity index is 1.33. The Morgan fingerprint density at radius 3 is 3.08 bits per heavy atom. The molecule has 0 spiro atoms. The van der Waals surface area contributed by atoms with E-state index in [9.17, 15) is 4.79 Å². The summed E-state index contributed by atoms with van der Waals surface area (Å²) in [6, 6.07) is 10.1. The number of hydrogen-bond acceptors (Lipinski definition) is 4. The Labute approximate surface area is 146 Å². The quantitative estimate of drug-likeness (QED) is 0.776. The smallest absolute Gasteiger partial charge is 0.220 e. The second-order valence-corrected chi connectivity index (χ2v) is 6.55. The van der Waals surface area contributed by atoms with Gasteiger partial charge in [0.2, 0.25) is 5.91 Å². The number of fused-ring (bicyclic) bond motifs is 2. The number of carbonyl (C=O) groups excluding carboxylic acids is 1. The molecule has 0 radical (unpaired) electrons. The topological polar surface area (TPSA) is 73.0 Å². The van der Waals surface area contributed by atoms with E-state index in [0.717, 1.165) is 54.2 Å². The molecule has 1 aliphatic heterocycles. The third-order valence-electron chi connectivity index (χ3n) is 4.78. The van der Waals surface area contributed by atoms with Gasteiger partial charge in [-0.15, -0.1) is 10.2 Å². The largest absolute Gasteiger partial charge is 0.461 e. The van der Waals surface area contributed by atoms with Gasteiger partial charge in [-0.25, -0.2) is 0 Å². The lowest BCUT2D eigenvalue weighted by atomic mass is 10.1. The highest BCUT2D eigenvalue weighted by atomic mass is 16.3. The Bertz CT molecular complexity index is 849. The lowest BCUT2D eigenvalue weighted by Gasteiger charge is -2.25. The van der Waals surface area contributed by atoms with Gasteiger partial charge in [0.05, 0.1) is 0 Å². The van der Waals surface area contributed by atoms with Crippen LogP contribution in [0.4, 0.5) is 0 Å². The van der Waals surface area contributed by atoms with E-state index < -0.39 is 0 Å². The first-order chi connectivity index (χ1) is 12.2. The summed E-state index contributed by atoms with van der Waals surface area (Å²) in [5.74, 6) is 2.95. The third kappa shape index (κ3) is 3.29. The first-order valence-corrected chi connectivity index (χ1v) is 8.90. The second kappa shape index (κ2) is 6.70. The fourth-order valence-electron chi connectivity index (χ4n) is 3.46. The van der Waals surface area contributed by atoms with Crippen molar-refractivity contribution in [2.45, 2.75) is 51.6 Å². The summed E-state index contributed by atoms with van der Waals surface area (Å²) in [4.78, 5) is 12.3. The van der Waals surface area contributed by atoms with Gasteiger partial charge in [0.15, 0.2) is 0 Å². The Morgan fingerprint density at radius 1 is 1.36 bits per heavy atom. The Kier molecular flexibility index (Phi) is 4.26. The normalized spacial score (nSPS) is 16.8. The second-order valence-electron chi connectivity index (χ2n) is 6.55. The predicted molar refractivity (Wildman–Crippen MR) is 94.2 cm³/mol. The molecule has 3 aromatic rings. The van der Waals surface area contributed by atoms with E-state index in [-0.39, 0.29) is 11.9 Å². The minimum Gasteiger partial charge on any atom is -0.461 e. The van der Waals surface area contributed by atoms with E-state index in [2.05, 4.69) is 27.0 Å². The molecule has 0 aliphatic carbocycles. The summed E-state index contributed by atoms with van der Waals surface area (Å²) in [6.45, 7) is 2.84. The lowest BCUT2D eigenvalue weighted by Crippen LogP contribution is -2.41. The summed E-state index contributed by atoms with van der Waals surface area (Å²) >= 11 is 0. The molecule has 0 bridgehead atoms. The summed E-state index contributed by atoms with van der Waals surface area (Å²) in [7, 11) is 0. The minimum absolute atomic E-state index is 0.0695. The maximum absolute atomic E-state index is 12.3. The molecule has 0 saturated heterocycles. The highest BCUT2D eigenvalue weighted by molar-refractivity contribution is 5.79. The molecular formula is C19H22N4O2. The molecule has 0 unspecified atom stereocenters. The van der Waals surface area contributed by atoms with E-state index in [1.165, 1.54) is 0 Å². The zero-order valence-electron chi connectivity index (χ0n) is 14.4. The van der Waals surface area contributed by atoms with Gasteiger partial charge in [0.25, 0.3) is 0 Å². The van der Waals surface area contributed by atoms with Crippen LogP contribution in [0.1, 0.15) is 37.2 Å². The van der Waals surface area contributed by atoms with Gasteiger partial charge in [-0.2, -0.15) is 0 Å². The van der Waals surface area contributed by atoms with Crippen LogP contribution in [0.25, 0.3) is 11.0 Å². The molecule has 1 N–H and O–H groups in total. The number of carbonyl (C=O) groups is 1. The number of nitrogens with one attached hydrogen (secondary N) is 1. The van der Waals surface area contributed by atoms with Crippen molar-refractivity contribution in [3.8, 4) is 0 Å². The number of rotatable bonds is 5. The van der Waals surface area contributed by atoms with Crippen LogP contribution in [0.5, 0.6) is 0 Å². The first kappa shape index (κ1) is 15.9. The number of aryl methyl sites for hydroxylation is 3. The van der Waals surface area contributed by atoms with Crippen molar-refractivity contribution in [3.05, 3.63) is 47.7 Å². The van der Waals surface area contributed by atoms with Crippen LogP contribution in [0.2, 0.25) is 0 Å². The molecule has 6 nitrogen and oxygen atoms in total. The first-order valence-electron chi connectivity index (χ1n) is 8.90. The Hall–Kier alpha value is -2.63. The van der Waals surface area contributed by atoms with Gasteiger partial charge in [-0.05, 0) is 18.6 Å². The SMILES string of the molecule is CCc1nnc2n1C[C@H](NC(=O)CCc1cc3ccccc3o1)CC2. The molecule has 130 valence electrons. The van der Waals surface area contributed by atoms with Crippen LogP contribution < -0.4 is 5.32 Å². The number of amides is 1. The molecule has 6 heteroatoms. The fraction of sp³-hybridized carbons (Fsp3) is 0.421. The third-order valence-corrected chi connectivity index (χ3v) is 4.78. The molecule has 1 amide bonds. The van der Waals surface area contributed by atoms with Crippen molar-refractivity contribution in [1.82, 2.24) is 20.1 Å². The average molecular weight is 338 g/mol. The van der Waals surface area contributed by atoms with Gasteiger partial charge >= 0.3 is 0 Å². The fourth-order valence-corrected chi connectivity index (χ4v) is 3.46. The van der Waals surface area contributed by atoms with E-state index >= 15 is 0 Å². The predicted octanol–water partition coefficient (Wildman–Crippen LogP) is 2.65. The van der Waals surface area contributed by atoms with Crippen LogP contribution in [-0.2, 0) is 30.6 Å². The van der Waals surface area contributed by atoms with Crippen molar-refractivity contribution in [2.24, 2.45) is 0 Å². The van der Waals surface area contributed by atoms with Gasteiger partial charge in [-0.1, -0.05) is 25.1 Å². The van der Waals surface area contributed by atoms with Crippen molar-refractivity contribution in [2.75, 3.05) is 0 Å². The number of furan rings is 1. The maximum atomic E-state index is 12.3. The van der Waals surface area contributed by atoms with E-state index in [4.69, 9.17) is 4.42 Å². The molecule has 1 aromatic carbocycles. The molecule has 1 atom stereocenters. The number of hydrogen-bond donors (Lipinski definition) is 1. The highest BCUT2D eigenvalue weighted by Gasteiger charge is 2.23. The van der Waals surface area contributed by atoms with Gasteiger partial charge in [-0.3, -0.25) is 4.79 Å². The van der Waals surface area contributed by atoms with E-state index in [1.54, 1.807) is 0 Å². The molecule has 4 rings (SSSR count). The number of nitrogens with zero attached hydrogens (tertiary/aromatic N) is 3. The molecule has 0 saturated carbocycles. The minimum atomic E-state index is 0.0695. The molecule has 2 aromatic heterocycles. The van der Waals surface area contributed by atoms with E-state index in [0.29, 0.717) is 12.8 Å². The number of aromatic nitrogens is 3. The van der Waals surface area contributed by atoms with Crippen LogP contribution >= 0.6 is 0 Å². The molecule has 3 heterocycles. The van der Waals surface area contributed by atoms with Crippen molar-refractivity contribution >= 4 is 16.9 Å². The van der Waals surface area contributed by atoms with Crippen molar-refractivity contribution < 1.29 is 9.21 Å². The Morgan fingerprint density at radius 2 is 2.24 bits per heavy atom. The van der Waals surface area contributed by atoms with Gasteiger partial charge in [0, 0.05) is 43.7 Å². The summed E-state index contributed by atoms with van der Waals surface area (Å²) < 4.78 is 7.92. The average Bonchev–Trinajstić information content (AvgIpc) is 3.22. The maximum Gasteiger partial charge on any atom is 0.220 e. The van der Waals surface area contributed by atoms with Crippen LogP contribution in [-0.4, -0.2) is 26.7 Å². The monoisotopic (exact) mass is 338 g/mol. The molecular weight excluding hydrogens is 316 g/mol. The molecule has 25 heavy (non-hydrogen) atoms. The zero-order chi connectivity index (χ0) is 17.2. The highest BCUT2D eigenvalue weighted by Crippen LogP contribution is 2.20. The van der Waals surface area contributed by atoms with Crippen molar-refractivity contribution in [3.63, 3.8) is 0 Å². The van der Waals surface area contributed by atoms with Gasteiger partial charge in [0.1, 0.15) is 23.0 Å². The summed E-state index contributed by atoms with van der Waals surface area (Å²) in [5, 5.41) is 12.7. The molecule has 0 fully saturated rings. The number of benzene rings is 1.